The lowest BCUT2D eigenvalue weighted by molar-refractivity contribution is -0.208. The zero-order valence-electron chi connectivity index (χ0n) is 12.3. The van der Waals surface area contributed by atoms with Gasteiger partial charge in [-0.1, -0.05) is 33.6 Å². The molecule has 1 heterocycles. The Morgan fingerprint density at radius 2 is 1.67 bits per heavy atom. The number of hydrogen-bond acceptors (Lipinski definition) is 2. The summed E-state index contributed by atoms with van der Waals surface area (Å²) in [6.45, 7) is 9.40. The molecule has 0 bridgehead atoms. The van der Waals surface area contributed by atoms with Crippen molar-refractivity contribution in [3.8, 4) is 0 Å². The van der Waals surface area contributed by atoms with Crippen LogP contribution in [-0.4, -0.2) is 24.3 Å². The second kappa shape index (κ2) is 4.21. The van der Waals surface area contributed by atoms with E-state index in [2.05, 4.69) is 26.1 Å². The minimum absolute atomic E-state index is 0.129. The van der Waals surface area contributed by atoms with Gasteiger partial charge in [-0.2, -0.15) is 0 Å². The zero-order valence-corrected chi connectivity index (χ0v) is 12.3. The van der Waals surface area contributed by atoms with E-state index < -0.39 is 0 Å². The summed E-state index contributed by atoms with van der Waals surface area (Å²) in [6.07, 6.45) is 9.11. The van der Waals surface area contributed by atoms with Crippen LogP contribution in [0.2, 0.25) is 0 Å². The molecule has 0 aromatic heterocycles. The molecule has 2 spiro atoms. The Labute approximate surface area is 112 Å². The summed E-state index contributed by atoms with van der Waals surface area (Å²) in [7, 11) is 0. The molecule has 0 aromatic rings. The Bertz CT molecular complexity index is 319. The first-order chi connectivity index (χ1) is 8.43. The minimum Gasteiger partial charge on any atom is -0.366 e. The topological polar surface area (TPSA) is 21.3 Å². The van der Waals surface area contributed by atoms with E-state index in [-0.39, 0.29) is 11.2 Å². The highest BCUT2D eigenvalue weighted by molar-refractivity contribution is 5.03. The quantitative estimate of drug-likeness (QED) is 0.711. The third-order valence-electron chi connectivity index (χ3n) is 5.26. The van der Waals surface area contributed by atoms with E-state index >= 15 is 0 Å². The average molecular weight is 251 g/mol. The van der Waals surface area contributed by atoms with E-state index in [0.717, 1.165) is 19.0 Å². The molecule has 2 aliphatic carbocycles. The van der Waals surface area contributed by atoms with Gasteiger partial charge in [0.25, 0.3) is 0 Å². The van der Waals surface area contributed by atoms with Gasteiger partial charge in [0.15, 0.2) is 0 Å². The van der Waals surface area contributed by atoms with Crippen LogP contribution in [0.25, 0.3) is 0 Å². The summed E-state index contributed by atoms with van der Waals surface area (Å²) in [4.78, 5) is 0. The lowest BCUT2D eigenvalue weighted by Crippen LogP contribution is -2.62. The molecule has 2 saturated carbocycles. The molecule has 1 N–H and O–H groups in total. The second-order valence-electron chi connectivity index (χ2n) is 8.13. The van der Waals surface area contributed by atoms with Gasteiger partial charge in [0.1, 0.15) is 0 Å². The van der Waals surface area contributed by atoms with Gasteiger partial charge in [0.2, 0.25) is 0 Å². The highest BCUT2D eigenvalue weighted by Gasteiger charge is 2.51. The Morgan fingerprint density at radius 3 is 2.33 bits per heavy atom. The van der Waals surface area contributed by atoms with Crippen LogP contribution in [0.3, 0.4) is 0 Å². The second-order valence-corrected chi connectivity index (χ2v) is 8.13. The molecule has 1 saturated heterocycles. The van der Waals surface area contributed by atoms with E-state index in [9.17, 15) is 0 Å². The number of ether oxygens (including phenoxy) is 1. The van der Waals surface area contributed by atoms with Gasteiger partial charge in [-0.3, -0.25) is 0 Å². The molecule has 104 valence electrons. The largest absolute Gasteiger partial charge is 0.366 e. The third kappa shape index (κ3) is 2.34. The summed E-state index contributed by atoms with van der Waals surface area (Å²) >= 11 is 0. The van der Waals surface area contributed by atoms with Gasteiger partial charge in [0.05, 0.1) is 11.2 Å². The molecule has 0 amide bonds. The van der Waals surface area contributed by atoms with Crippen LogP contribution >= 0.6 is 0 Å². The van der Waals surface area contributed by atoms with Crippen molar-refractivity contribution in [2.45, 2.75) is 76.9 Å². The first-order valence-corrected chi connectivity index (χ1v) is 7.84. The lowest BCUT2D eigenvalue weighted by Gasteiger charge is -2.54. The van der Waals surface area contributed by atoms with Crippen LogP contribution in [0.4, 0.5) is 0 Å². The molecule has 1 aliphatic heterocycles. The lowest BCUT2D eigenvalue weighted by atomic mass is 9.65. The molecule has 3 aliphatic rings. The van der Waals surface area contributed by atoms with E-state index in [0.29, 0.717) is 5.41 Å². The van der Waals surface area contributed by atoms with E-state index in [4.69, 9.17) is 4.74 Å². The van der Waals surface area contributed by atoms with Gasteiger partial charge in [0, 0.05) is 13.1 Å². The number of morpholine rings is 1. The minimum atomic E-state index is 0.129. The molecular weight excluding hydrogens is 222 g/mol. The number of rotatable bonds is 0. The maximum Gasteiger partial charge on any atom is 0.0822 e. The summed E-state index contributed by atoms with van der Waals surface area (Å²) < 4.78 is 6.81. The smallest absolute Gasteiger partial charge is 0.0822 e. The Balaban J connectivity index is 1.81. The molecule has 2 unspecified atom stereocenters. The maximum absolute atomic E-state index is 6.81. The summed E-state index contributed by atoms with van der Waals surface area (Å²) in [6, 6.07) is 0. The summed E-state index contributed by atoms with van der Waals surface area (Å²) in [5.74, 6) is 0.798. The van der Waals surface area contributed by atoms with Gasteiger partial charge in [-0.05, 0) is 43.4 Å². The molecule has 3 rings (SSSR count). The maximum atomic E-state index is 6.81. The molecule has 18 heavy (non-hydrogen) atoms. The van der Waals surface area contributed by atoms with Crippen molar-refractivity contribution in [1.29, 1.82) is 0 Å². The Hall–Kier alpha value is -0.0800. The molecule has 0 aromatic carbocycles. The highest BCUT2D eigenvalue weighted by Crippen LogP contribution is 2.50. The predicted octanol–water partition coefficient (Wildman–Crippen LogP) is 3.50. The van der Waals surface area contributed by atoms with Crippen molar-refractivity contribution in [2.24, 2.45) is 11.3 Å². The first kappa shape index (κ1) is 12.9. The van der Waals surface area contributed by atoms with Crippen LogP contribution in [0.15, 0.2) is 0 Å². The fourth-order valence-electron chi connectivity index (χ4n) is 5.23. The van der Waals surface area contributed by atoms with Crippen molar-refractivity contribution in [1.82, 2.24) is 5.32 Å². The van der Waals surface area contributed by atoms with Gasteiger partial charge in [-0.25, -0.2) is 0 Å². The van der Waals surface area contributed by atoms with Gasteiger partial charge >= 0.3 is 0 Å². The number of nitrogens with one attached hydrogen (secondary N) is 1. The zero-order chi connectivity index (χ0) is 12.9. The van der Waals surface area contributed by atoms with Gasteiger partial charge in [-0.15, -0.1) is 0 Å². The summed E-state index contributed by atoms with van der Waals surface area (Å²) in [5, 5.41) is 3.71. The molecule has 2 heteroatoms. The van der Waals surface area contributed by atoms with E-state index in [1.807, 2.05) is 0 Å². The number of hydrogen-bond donors (Lipinski definition) is 1. The average Bonchev–Trinajstić information content (AvgIpc) is 2.61. The van der Waals surface area contributed by atoms with Crippen molar-refractivity contribution in [2.75, 3.05) is 13.1 Å². The fourth-order valence-corrected chi connectivity index (χ4v) is 5.23. The molecular formula is C16H29NO. The standard InChI is InChI=1S/C16H29NO/c1-13-8-14(2,3)10-16(9-13)12-17-11-15(18-16)6-4-5-7-15/h13,17H,4-12H2,1-3H3. The predicted molar refractivity (Wildman–Crippen MR) is 74.7 cm³/mol. The van der Waals surface area contributed by atoms with Crippen LogP contribution < -0.4 is 5.32 Å². The van der Waals surface area contributed by atoms with Crippen molar-refractivity contribution < 1.29 is 4.74 Å². The van der Waals surface area contributed by atoms with Crippen LogP contribution in [-0.2, 0) is 4.74 Å². The van der Waals surface area contributed by atoms with Crippen LogP contribution in [0.1, 0.15) is 65.7 Å². The molecule has 2 atom stereocenters. The monoisotopic (exact) mass is 251 g/mol. The summed E-state index contributed by atoms with van der Waals surface area (Å²) in [5.41, 5.74) is 0.756. The van der Waals surface area contributed by atoms with Crippen LogP contribution in [0, 0.1) is 11.3 Å². The van der Waals surface area contributed by atoms with E-state index in [1.165, 1.54) is 44.9 Å². The molecule has 2 nitrogen and oxygen atoms in total. The van der Waals surface area contributed by atoms with Crippen molar-refractivity contribution in [3.63, 3.8) is 0 Å². The van der Waals surface area contributed by atoms with Crippen molar-refractivity contribution in [3.05, 3.63) is 0 Å². The Morgan fingerprint density at radius 1 is 1.00 bits per heavy atom. The third-order valence-corrected chi connectivity index (χ3v) is 5.26. The van der Waals surface area contributed by atoms with E-state index in [1.54, 1.807) is 0 Å². The molecule has 0 radical (unpaired) electrons. The first-order valence-electron chi connectivity index (χ1n) is 7.84. The van der Waals surface area contributed by atoms with Crippen molar-refractivity contribution >= 4 is 0 Å². The SMILES string of the molecule is CC1CC(C)(C)CC2(CNCC3(CCCC3)O2)C1. The fraction of sp³-hybridized carbons (Fsp3) is 1.00. The van der Waals surface area contributed by atoms with Crippen LogP contribution in [0.5, 0.6) is 0 Å². The highest BCUT2D eigenvalue weighted by atomic mass is 16.5. The Kier molecular flexibility index (Phi) is 3.02. The normalized spacial score (nSPS) is 42.5. The molecule has 3 fully saturated rings. The van der Waals surface area contributed by atoms with Gasteiger partial charge < -0.3 is 10.1 Å².